The number of carbonyl (C=O) groups is 1. The van der Waals surface area contributed by atoms with Gasteiger partial charge in [-0.05, 0) is 20.0 Å². The van der Waals surface area contributed by atoms with Gasteiger partial charge in [-0.1, -0.05) is 0 Å². The fraction of sp³-hybridized carbons (Fsp3) is 0.909. The fourth-order valence-electron chi connectivity index (χ4n) is 2.05. The van der Waals surface area contributed by atoms with Gasteiger partial charge in [0, 0.05) is 32.8 Å². The van der Waals surface area contributed by atoms with Crippen molar-refractivity contribution in [3.05, 3.63) is 0 Å². The summed E-state index contributed by atoms with van der Waals surface area (Å²) in [7, 11) is 3.72. The van der Waals surface area contributed by atoms with Gasteiger partial charge in [-0.2, -0.15) is 0 Å². The van der Waals surface area contributed by atoms with Crippen molar-refractivity contribution in [2.45, 2.75) is 18.9 Å². The van der Waals surface area contributed by atoms with Crippen molar-refractivity contribution in [1.82, 2.24) is 9.80 Å². The Morgan fingerprint density at radius 3 is 3.00 bits per heavy atom. The number of ether oxygens (including phenoxy) is 1. The normalized spacial score (nSPS) is 21.8. The molecule has 0 aliphatic carbocycles. The van der Waals surface area contributed by atoms with Gasteiger partial charge in [0.2, 0.25) is 0 Å². The molecular formula is C11H22N2O3. The highest BCUT2D eigenvalue weighted by atomic mass is 16.5. The summed E-state index contributed by atoms with van der Waals surface area (Å²) < 4.78 is 5.05. The second kappa shape index (κ2) is 6.83. The van der Waals surface area contributed by atoms with Gasteiger partial charge in [-0.15, -0.1) is 0 Å². The topological polar surface area (TPSA) is 53.0 Å². The van der Waals surface area contributed by atoms with Gasteiger partial charge in [-0.25, -0.2) is 0 Å². The highest BCUT2D eigenvalue weighted by Gasteiger charge is 2.25. The molecule has 5 nitrogen and oxygen atoms in total. The molecule has 5 heteroatoms. The highest BCUT2D eigenvalue weighted by molar-refractivity contribution is 5.66. The number of hydrogen-bond acceptors (Lipinski definition) is 4. The SMILES string of the molecule is COCCN1CCC(N(C)CCC(=O)O)C1. The van der Waals surface area contributed by atoms with Crippen LogP contribution < -0.4 is 0 Å². The number of carboxylic acid groups (broad SMARTS) is 1. The van der Waals surface area contributed by atoms with Crippen LogP contribution in [0.15, 0.2) is 0 Å². The van der Waals surface area contributed by atoms with Crippen molar-refractivity contribution in [2.75, 3.05) is 46.9 Å². The van der Waals surface area contributed by atoms with Crippen LogP contribution in [0.5, 0.6) is 0 Å². The average Bonchev–Trinajstić information content (AvgIpc) is 2.71. The molecule has 0 amide bonds. The summed E-state index contributed by atoms with van der Waals surface area (Å²) in [4.78, 5) is 15.0. The van der Waals surface area contributed by atoms with Crippen LogP contribution in [0.25, 0.3) is 0 Å². The van der Waals surface area contributed by atoms with Crippen LogP contribution in [-0.2, 0) is 9.53 Å². The molecule has 1 heterocycles. The van der Waals surface area contributed by atoms with Crippen molar-refractivity contribution in [3.8, 4) is 0 Å². The molecule has 0 spiro atoms. The second-order valence-corrected chi connectivity index (χ2v) is 4.36. The Morgan fingerprint density at radius 2 is 2.38 bits per heavy atom. The van der Waals surface area contributed by atoms with Crippen LogP contribution in [0.2, 0.25) is 0 Å². The van der Waals surface area contributed by atoms with Gasteiger partial charge in [-0.3, -0.25) is 9.69 Å². The van der Waals surface area contributed by atoms with E-state index in [9.17, 15) is 4.79 Å². The van der Waals surface area contributed by atoms with Crippen LogP contribution in [0, 0.1) is 0 Å². The summed E-state index contributed by atoms with van der Waals surface area (Å²) in [6.07, 6.45) is 1.35. The molecule has 0 radical (unpaired) electrons. The molecule has 1 fully saturated rings. The third kappa shape index (κ3) is 4.47. The third-order valence-corrected chi connectivity index (χ3v) is 3.16. The lowest BCUT2D eigenvalue weighted by molar-refractivity contribution is -0.137. The predicted molar refractivity (Wildman–Crippen MR) is 61.6 cm³/mol. The van der Waals surface area contributed by atoms with E-state index in [0.717, 1.165) is 32.7 Å². The van der Waals surface area contributed by atoms with Gasteiger partial charge >= 0.3 is 5.97 Å². The van der Waals surface area contributed by atoms with Crippen LogP contribution in [0.4, 0.5) is 0 Å². The van der Waals surface area contributed by atoms with E-state index in [1.54, 1.807) is 7.11 Å². The van der Waals surface area contributed by atoms with E-state index in [-0.39, 0.29) is 6.42 Å². The number of carboxylic acids is 1. The number of nitrogens with zero attached hydrogens (tertiary/aromatic N) is 2. The maximum absolute atomic E-state index is 10.5. The smallest absolute Gasteiger partial charge is 0.304 e. The minimum Gasteiger partial charge on any atom is -0.481 e. The first-order valence-corrected chi connectivity index (χ1v) is 5.77. The summed E-state index contributed by atoms with van der Waals surface area (Å²) in [5.74, 6) is -0.721. The number of rotatable bonds is 7. The molecule has 1 saturated heterocycles. The first kappa shape index (κ1) is 13.4. The molecule has 1 unspecified atom stereocenters. The predicted octanol–water partition coefficient (Wildman–Crippen LogP) is 0.114. The molecule has 0 saturated carbocycles. The van der Waals surface area contributed by atoms with Crippen molar-refractivity contribution in [1.29, 1.82) is 0 Å². The van der Waals surface area contributed by atoms with Crippen molar-refractivity contribution < 1.29 is 14.6 Å². The van der Waals surface area contributed by atoms with E-state index in [0.29, 0.717) is 12.6 Å². The summed E-state index contributed by atoms with van der Waals surface area (Å²) in [5, 5.41) is 8.62. The first-order chi connectivity index (χ1) is 7.63. The van der Waals surface area contributed by atoms with Crippen molar-refractivity contribution >= 4 is 5.97 Å². The second-order valence-electron chi connectivity index (χ2n) is 4.36. The van der Waals surface area contributed by atoms with E-state index < -0.39 is 5.97 Å². The molecular weight excluding hydrogens is 208 g/mol. The van der Waals surface area contributed by atoms with Gasteiger partial charge in [0.25, 0.3) is 0 Å². The van der Waals surface area contributed by atoms with Crippen LogP contribution in [0.1, 0.15) is 12.8 Å². The van der Waals surface area contributed by atoms with E-state index >= 15 is 0 Å². The maximum atomic E-state index is 10.5. The molecule has 1 aliphatic heterocycles. The zero-order valence-electron chi connectivity index (χ0n) is 10.2. The molecule has 0 aromatic heterocycles. The Balaban J connectivity index is 2.21. The van der Waals surface area contributed by atoms with E-state index in [4.69, 9.17) is 9.84 Å². The lowest BCUT2D eigenvalue weighted by Crippen LogP contribution is -2.36. The number of aliphatic carboxylic acids is 1. The lowest BCUT2D eigenvalue weighted by Gasteiger charge is -2.23. The van der Waals surface area contributed by atoms with Crippen molar-refractivity contribution in [3.63, 3.8) is 0 Å². The van der Waals surface area contributed by atoms with E-state index in [2.05, 4.69) is 9.80 Å². The molecule has 16 heavy (non-hydrogen) atoms. The van der Waals surface area contributed by atoms with Crippen LogP contribution in [0.3, 0.4) is 0 Å². The maximum Gasteiger partial charge on any atom is 0.304 e. The Kier molecular flexibility index (Phi) is 5.73. The van der Waals surface area contributed by atoms with Crippen LogP contribution >= 0.6 is 0 Å². The highest BCUT2D eigenvalue weighted by Crippen LogP contribution is 2.14. The van der Waals surface area contributed by atoms with E-state index in [1.165, 1.54) is 0 Å². The molecule has 94 valence electrons. The lowest BCUT2D eigenvalue weighted by atomic mass is 10.2. The third-order valence-electron chi connectivity index (χ3n) is 3.16. The molecule has 0 aromatic carbocycles. The van der Waals surface area contributed by atoms with Gasteiger partial charge in [0.15, 0.2) is 0 Å². The zero-order valence-corrected chi connectivity index (χ0v) is 10.2. The monoisotopic (exact) mass is 230 g/mol. The molecule has 0 aromatic rings. The van der Waals surface area contributed by atoms with Crippen molar-refractivity contribution in [2.24, 2.45) is 0 Å². The quantitative estimate of drug-likeness (QED) is 0.673. The number of likely N-dealkylation sites (N-methyl/N-ethyl adjacent to an activating group) is 1. The Hall–Kier alpha value is -0.650. The van der Waals surface area contributed by atoms with E-state index in [1.807, 2.05) is 7.05 Å². The zero-order chi connectivity index (χ0) is 12.0. The minimum absolute atomic E-state index is 0.227. The standard InChI is InChI=1S/C11H22N2O3/c1-12(5-4-11(14)15)10-3-6-13(9-10)7-8-16-2/h10H,3-9H2,1-2H3,(H,14,15). The van der Waals surface area contributed by atoms with Gasteiger partial charge in [0.1, 0.15) is 0 Å². The average molecular weight is 230 g/mol. The molecule has 1 atom stereocenters. The van der Waals surface area contributed by atoms with Crippen LogP contribution in [-0.4, -0.2) is 73.9 Å². The fourth-order valence-corrected chi connectivity index (χ4v) is 2.05. The summed E-state index contributed by atoms with van der Waals surface area (Å²) in [5.41, 5.74) is 0. The summed E-state index contributed by atoms with van der Waals surface area (Å²) in [6, 6.07) is 0.496. The molecule has 1 N–H and O–H groups in total. The van der Waals surface area contributed by atoms with Gasteiger partial charge in [0.05, 0.1) is 13.0 Å². The minimum atomic E-state index is -0.721. The Bertz CT molecular complexity index is 223. The number of methoxy groups -OCH3 is 1. The number of hydrogen-bond donors (Lipinski definition) is 1. The summed E-state index contributed by atoms with van der Waals surface area (Å²) >= 11 is 0. The molecule has 1 aliphatic rings. The largest absolute Gasteiger partial charge is 0.481 e. The molecule has 0 bridgehead atoms. The Labute approximate surface area is 97.0 Å². The van der Waals surface area contributed by atoms with Gasteiger partial charge < -0.3 is 14.7 Å². The first-order valence-electron chi connectivity index (χ1n) is 5.77. The summed E-state index contributed by atoms with van der Waals surface area (Å²) in [6.45, 7) is 4.49. The Morgan fingerprint density at radius 1 is 1.62 bits per heavy atom. The molecule has 1 rings (SSSR count). The number of likely N-dealkylation sites (tertiary alicyclic amines) is 1.